The number of carbonyl (C=O) groups is 1. The lowest BCUT2D eigenvalue weighted by Crippen LogP contribution is -2.46. The number of anilines is 1. The molecule has 4 rings (SSSR count). The van der Waals surface area contributed by atoms with Gasteiger partial charge in [0.15, 0.2) is 0 Å². The monoisotopic (exact) mass is 378 g/mol. The quantitative estimate of drug-likeness (QED) is 0.724. The van der Waals surface area contributed by atoms with Crippen molar-refractivity contribution in [3.8, 4) is 0 Å². The van der Waals surface area contributed by atoms with E-state index in [1.165, 1.54) is 5.69 Å². The van der Waals surface area contributed by atoms with Crippen molar-refractivity contribution in [1.82, 2.24) is 14.4 Å². The van der Waals surface area contributed by atoms with Gasteiger partial charge in [-0.25, -0.2) is 0 Å². The summed E-state index contributed by atoms with van der Waals surface area (Å²) in [5.74, 6) is 0.127. The number of amides is 1. The summed E-state index contributed by atoms with van der Waals surface area (Å²) in [7, 11) is 1.87. The maximum Gasteiger partial charge on any atom is 0.271 e. The standard InChI is InChI=1S/C23H30N4O/c1-24-12-7-8-20-11-15-27(22(20)23(24)28)14-6-5-13-25-16-18-26(19-17-25)21-9-3-2-4-10-21/h2-4,7-11,15H,5-6,12-14,16-19H2,1H3. The number of unbranched alkanes of at least 4 members (excludes halogenated alkanes) is 1. The summed E-state index contributed by atoms with van der Waals surface area (Å²) >= 11 is 0. The molecule has 0 bridgehead atoms. The third-order valence-electron chi connectivity index (χ3n) is 5.84. The smallest absolute Gasteiger partial charge is 0.271 e. The van der Waals surface area contributed by atoms with E-state index in [1.54, 1.807) is 4.90 Å². The zero-order chi connectivity index (χ0) is 19.3. The third-order valence-corrected chi connectivity index (χ3v) is 5.84. The fourth-order valence-electron chi connectivity index (χ4n) is 4.14. The molecule has 0 atom stereocenters. The average molecular weight is 379 g/mol. The Balaban J connectivity index is 1.23. The van der Waals surface area contributed by atoms with Crippen molar-refractivity contribution in [2.24, 2.45) is 0 Å². The van der Waals surface area contributed by atoms with Gasteiger partial charge in [-0.2, -0.15) is 0 Å². The number of rotatable bonds is 6. The maximum absolute atomic E-state index is 12.6. The van der Waals surface area contributed by atoms with Crippen LogP contribution in [0, 0.1) is 0 Å². The highest BCUT2D eigenvalue weighted by atomic mass is 16.2. The van der Waals surface area contributed by atoms with Crippen molar-refractivity contribution < 1.29 is 4.79 Å². The third kappa shape index (κ3) is 4.14. The zero-order valence-electron chi connectivity index (χ0n) is 16.8. The van der Waals surface area contributed by atoms with E-state index < -0.39 is 0 Å². The first-order valence-corrected chi connectivity index (χ1v) is 10.4. The minimum atomic E-state index is 0.127. The first-order chi connectivity index (χ1) is 13.7. The Morgan fingerprint density at radius 3 is 2.46 bits per heavy atom. The van der Waals surface area contributed by atoms with Crippen molar-refractivity contribution in [1.29, 1.82) is 0 Å². The molecule has 28 heavy (non-hydrogen) atoms. The summed E-state index contributed by atoms with van der Waals surface area (Å²) in [6.45, 7) is 7.18. The van der Waals surface area contributed by atoms with Gasteiger partial charge in [-0.3, -0.25) is 9.69 Å². The molecule has 2 aliphatic rings. The lowest BCUT2D eigenvalue weighted by atomic mass is 10.2. The summed E-state index contributed by atoms with van der Waals surface area (Å²) in [6, 6.07) is 12.8. The highest BCUT2D eigenvalue weighted by molar-refractivity contribution is 5.97. The van der Waals surface area contributed by atoms with Gasteiger partial charge in [0.1, 0.15) is 5.69 Å². The maximum atomic E-state index is 12.6. The second-order valence-electron chi connectivity index (χ2n) is 7.77. The van der Waals surface area contributed by atoms with Gasteiger partial charge in [0.2, 0.25) is 0 Å². The Morgan fingerprint density at radius 2 is 1.68 bits per heavy atom. The van der Waals surface area contributed by atoms with Crippen LogP contribution in [-0.4, -0.2) is 66.6 Å². The molecule has 0 spiro atoms. The number of carbonyl (C=O) groups excluding carboxylic acids is 1. The SMILES string of the molecule is CN1CC=Cc2ccn(CCCCN3CCN(c4ccccc4)CC3)c2C1=O. The molecular formula is C23H30N4O. The molecule has 2 aromatic rings. The number of aromatic nitrogens is 1. The normalized spacial score (nSPS) is 17.7. The lowest BCUT2D eigenvalue weighted by molar-refractivity contribution is 0.0800. The summed E-state index contributed by atoms with van der Waals surface area (Å²) in [6.07, 6.45) is 8.45. The molecular weight excluding hydrogens is 348 g/mol. The number of hydrogen-bond donors (Lipinski definition) is 0. The fraction of sp³-hybridized carbons (Fsp3) is 0.435. The Morgan fingerprint density at radius 1 is 0.929 bits per heavy atom. The van der Waals surface area contributed by atoms with Gasteiger partial charge in [0, 0.05) is 63.8 Å². The van der Waals surface area contributed by atoms with Crippen molar-refractivity contribution in [2.45, 2.75) is 19.4 Å². The van der Waals surface area contributed by atoms with Gasteiger partial charge in [0.25, 0.3) is 5.91 Å². The number of nitrogens with zero attached hydrogens (tertiary/aromatic N) is 4. The number of benzene rings is 1. The second kappa shape index (κ2) is 8.65. The number of hydrogen-bond acceptors (Lipinski definition) is 3. The fourth-order valence-corrected chi connectivity index (χ4v) is 4.14. The first kappa shape index (κ1) is 18.8. The van der Waals surface area contributed by atoms with E-state index in [1.807, 2.05) is 7.05 Å². The molecule has 1 saturated heterocycles. The van der Waals surface area contributed by atoms with E-state index >= 15 is 0 Å². The summed E-state index contributed by atoms with van der Waals surface area (Å²) < 4.78 is 2.14. The summed E-state index contributed by atoms with van der Waals surface area (Å²) in [5.41, 5.74) is 3.22. The van der Waals surface area contributed by atoms with E-state index in [-0.39, 0.29) is 5.91 Å². The first-order valence-electron chi connectivity index (χ1n) is 10.4. The molecule has 1 aromatic carbocycles. The Hall–Kier alpha value is -2.53. The van der Waals surface area contributed by atoms with E-state index in [2.05, 4.69) is 69.1 Å². The topological polar surface area (TPSA) is 31.7 Å². The molecule has 0 N–H and O–H groups in total. The van der Waals surface area contributed by atoms with E-state index in [4.69, 9.17) is 0 Å². The number of aryl methyl sites for hydroxylation is 1. The van der Waals surface area contributed by atoms with Crippen LogP contribution in [0.15, 0.2) is 48.7 Å². The van der Waals surface area contributed by atoms with Crippen molar-refractivity contribution in [2.75, 3.05) is 51.2 Å². The molecule has 1 aromatic heterocycles. The summed E-state index contributed by atoms with van der Waals surface area (Å²) in [5, 5.41) is 0. The van der Waals surface area contributed by atoms with E-state index in [0.29, 0.717) is 6.54 Å². The van der Waals surface area contributed by atoms with Gasteiger partial charge in [-0.05, 0) is 37.6 Å². The van der Waals surface area contributed by atoms with Gasteiger partial charge < -0.3 is 14.4 Å². The molecule has 0 saturated carbocycles. The van der Waals surface area contributed by atoms with E-state index in [0.717, 1.165) is 63.4 Å². The molecule has 0 unspecified atom stereocenters. The molecule has 2 aliphatic heterocycles. The van der Waals surface area contributed by atoms with Gasteiger partial charge >= 0.3 is 0 Å². The van der Waals surface area contributed by atoms with Crippen LogP contribution < -0.4 is 4.90 Å². The predicted octanol–water partition coefficient (Wildman–Crippen LogP) is 3.19. The molecule has 0 aliphatic carbocycles. The molecule has 1 amide bonds. The van der Waals surface area contributed by atoms with Crippen LogP contribution in [0.3, 0.4) is 0 Å². The Kier molecular flexibility index (Phi) is 5.81. The van der Waals surface area contributed by atoms with Crippen LogP contribution in [0.2, 0.25) is 0 Å². The van der Waals surface area contributed by atoms with Crippen LogP contribution in [0.25, 0.3) is 6.08 Å². The minimum absolute atomic E-state index is 0.127. The van der Waals surface area contributed by atoms with Gasteiger partial charge in [-0.1, -0.05) is 30.4 Å². The molecule has 0 radical (unpaired) electrons. The van der Waals surface area contributed by atoms with Crippen molar-refractivity contribution in [3.63, 3.8) is 0 Å². The second-order valence-corrected chi connectivity index (χ2v) is 7.77. The molecule has 1 fully saturated rings. The number of likely N-dealkylation sites (N-methyl/N-ethyl adjacent to an activating group) is 1. The molecule has 148 valence electrons. The van der Waals surface area contributed by atoms with Crippen LogP contribution in [0.4, 0.5) is 5.69 Å². The number of piperazine rings is 1. The number of fused-ring (bicyclic) bond motifs is 1. The summed E-state index contributed by atoms with van der Waals surface area (Å²) in [4.78, 5) is 19.4. The van der Waals surface area contributed by atoms with Crippen LogP contribution in [-0.2, 0) is 6.54 Å². The minimum Gasteiger partial charge on any atom is -0.369 e. The van der Waals surface area contributed by atoms with E-state index in [9.17, 15) is 4.79 Å². The zero-order valence-corrected chi connectivity index (χ0v) is 16.8. The number of para-hydroxylation sites is 1. The largest absolute Gasteiger partial charge is 0.369 e. The molecule has 5 nitrogen and oxygen atoms in total. The molecule has 3 heterocycles. The highest BCUT2D eigenvalue weighted by Crippen LogP contribution is 2.19. The van der Waals surface area contributed by atoms with Crippen LogP contribution in [0.5, 0.6) is 0 Å². The Bertz CT molecular complexity index is 818. The van der Waals surface area contributed by atoms with Gasteiger partial charge in [-0.15, -0.1) is 0 Å². The van der Waals surface area contributed by atoms with Crippen molar-refractivity contribution in [3.05, 3.63) is 59.9 Å². The molecule has 5 heteroatoms. The van der Waals surface area contributed by atoms with Crippen LogP contribution >= 0.6 is 0 Å². The lowest BCUT2D eigenvalue weighted by Gasteiger charge is -2.36. The highest BCUT2D eigenvalue weighted by Gasteiger charge is 2.21. The average Bonchev–Trinajstić information content (AvgIpc) is 3.08. The Labute approximate surface area is 167 Å². The van der Waals surface area contributed by atoms with Crippen molar-refractivity contribution >= 4 is 17.7 Å². The van der Waals surface area contributed by atoms with Crippen LogP contribution in [0.1, 0.15) is 28.9 Å². The predicted molar refractivity (Wildman–Crippen MR) is 115 cm³/mol. The van der Waals surface area contributed by atoms with Gasteiger partial charge in [0.05, 0.1) is 0 Å².